The van der Waals surface area contributed by atoms with Gasteiger partial charge in [-0.25, -0.2) is 0 Å². The van der Waals surface area contributed by atoms with E-state index in [4.69, 9.17) is 0 Å². The molecule has 0 saturated carbocycles. The topological polar surface area (TPSA) is 86.9 Å². The molecular weight excluding hydrogens is 256 g/mol. The number of aryl methyl sites for hydroxylation is 1. The summed E-state index contributed by atoms with van der Waals surface area (Å²) in [5.41, 5.74) is 2.58. The molecule has 0 spiro atoms. The van der Waals surface area contributed by atoms with E-state index in [0.29, 0.717) is 18.7 Å². The largest absolute Gasteiger partial charge is 0.354 e. The lowest BCUT2D eigenvalue weighted by Crippen LogP contribution is -2.45. The Hall–Kier alpha value is -1.85. The van der Waals surface area contributed by atoms with Crippen LogP contribution in [0.3, 0.4) is 0 Å². The van der Waals surface area contributed by atoms with Crippen molar-refractivity contribution in [2.24, 2.45) is 0 Å². The van der Waals surface area contributed by atoms with Gasteiger partial charge < -0.3 is 10.6 Å². The lowest BCUT2D eigenvalue weighted by molar-refractivity contribution is -0.122. The van der Waals surface area contributed by atoms with Crippen LogP contribution in [0, 0.1) is 0 Å². The molecule has 0 aromatic carbocycles. The van der Waals surface area contributed by atoms with Crippen LogP contribution in [-0.2, 0) is 17.6 Å². The molecule has 20 heavy (non-hydrogen) atoms. The van der Waals surface area contributed by atoms with Crippen LogP contribution in [0.15, 0.2) is 0 Å². The summed E-state index contributed by atoms with van der Waals surface area (Å²) in [6, 6.07) is -0.430. The number of hydrogen-bond donors (Lipinski definition) is 3. The lowest BCUT2D eigenvalue weighted by Gasteiger charge is -2.15. The Morgan fingerprint density at radius 2 is 2.05 bits per heavy atom. The van der Waals surface area contributed by atoms with Crippen LogP contribution in [0.1, 0.15) is 53.8 Å². The minimum absolute atomic E-state index is 0.0831. The van der Waals surface area contributed by atoms with E-state index in [0.717, 1.165) is 49.8 Å². The first kappa shape index (κ1) is 13.1. The van der Waals surface area contributed by atoms with Crippen LogP contribution < -0.4 is 10.6 Å². The van der Waals surface area contributed by atoms with Gasteiger partial charge in [0.2, 0.25) is 5.91 Å². The first-order chi connectivity index (χ1) is 9.75. The van der Waals surface area contributed by atoms with Gasteiger partial charge in [-0.15, -0.1) is 0 Å². The number of rotatable bonds is 2. The number of carbonyl (C=O) groups excluding carboxylic acids is 2. The van der Waals surface area contributed by atoms with E-state index in [2.05, 4.69) is 20.8 Å². The molecule has 0 radical (unpaired) electrons. The summed E-state index contributed by atoms with van der Waals surface area (Å²) in [5, 5.41) is 12.8. The maximum Gasteiger partial charge on any atom is 0.272 e. The fraction of sp³-hybridized carbons (Fsp3) is 0.643. The van der Waals surface area contributed by atoms with Gasteiger partial charge in [0.1, 0.15) is 6.04 Å². The van der Waals surface area contributed by atoms with E-state index < -0.39 is 6.04 Å². The number of hydrogen-bond acceptors (Lipinski definition) is 3. The Morgan fingerprint density at radius 3 is 2.95 bits per heavy atom. The molecule has 2 aliphatic rings. The minimum atomic E-state index is -0.430. The molecule has 2 heterocycles. The Balaban J connectivity index is 1.72. The highest BCUT2D eigenvalue weighted by atomic mass is 16.2. The van der Waals surface area contributed by atoms with Gasteiger partial charge in [0, 0.05) is 17.8 Å². The van der Waals surface area contributed by atoms with Crippen molar-refractivity contribution in [3.8, 4) is 0 Å². The summed E-state index contributed by atoms with van der Waals surface area (Å²) in [7, 11) is 0. The molecule has 2 amide bonds. The van der Waals surface area contributed by atoms with Crippen molar-refractivity contribution in [2.45, 2.75) is 51.0 Å². The van der Waals surface area contributed by atoms with Gasteiger partial charge in [-0.3, -0.25) is 14.7 Å². The van der Waals surface area contributed by atoms with Gasteiger partial charge in [-0.1, -0.05) is 0 Å². The molecular formula is C14H20N4O2. The molecule has 1 saturated heterocycles. The Labute approximate surface area is 117 Å². The van der Waals surface area contributed by atoms with Crippen LogP contribution in [0.4, 0.5) is 0 Å². The maximum absolute atomic E-state index is 12.3. The van der Waals surface area contributed by atoms with E-state index in [9.17, 15) is 9.59 Å². The van der Waals surface area contributed by atoms with E-state index >= 15 is 0 Å². The standard InChI is InChI=1S/C14H20N4O2/c19-13-11(7-3-4-8-15-13)16-14(20)12-9-5-1-2-6-10(9)17-18-12/h11H,1-8H2,(H,15,19)(H,16,20)(H,17,18). The van der Waals surface area contributed by atoms with Crippen molar-refractivity contribution in [1.29, 1.82) is 0 Å². The van der Waals surface area contributed by atoms with Crippen molar-refractivity contribution < 1.29 is 9.59 Å². The van der Waals surface area contributed by atoms with Gasteiger partial charge in [0.05, 0.1) is 0 Å². The van der Waals surface area contributed by atoms with Crippen LogP contribution in [0.2, 0.25) is 0 Å². The average Bonchev–Trinajstić information content (AvgIpc) is 2.79. The predicted molar refractivity (Wildman–Crippen MR) is 73.3 cm³/mol. The molecule has 108 valence electrons. The third kappa shape index (κ3) is 2.55. The molecule has 6 nitrogen and oxygen atoms in total. The SMILES string of the molecule is O=C(NC1CCCCNC1=O)c1n[nH]c2c1CCCC2. The zero-order valence-corrected chi connectivity index (χ0v) is 11.5. The summed E-state index contributed by atoms with van der Waals surface area (Å²) < 4.78 is 0. The van der Waals surface area contributed by atoms with Crippen molar-refractivity contribution in [3.63, 3.8) is 0 Å². The smallest absolute Gasteiger partial charge is 0.272 e. The van der Waals surface area contributed by atoms with E-state index in [1.54, 1.807) is 0 Å². The Kier molecular flexibility index (Phi) is 3.71. The zero-order valence-electron chi connectivity index (χ0n) is 11.5. The molecule has 3 N–H and O–H groups in total. The summed E-state index contributed by atoms with van der Waals surface area (Å²) in [5.74, 6) is -0.313. The van der Waals surface area contributed by atoms with Crippen molar-refractivity contribution in [2.75, 3.05) is 6.54 Å². The number of nitrogens with one attached hydrogen (secondary N) is 3. The highest BCUT2D eigenvalue weighted by Gasteiger charge is 2.26. The van der Waals surface area contributed by atoms with E-state index in [1.165, 1.54) is 0 Å². The second-order valence-corrected chi connectivity index (χ2v) is 5.55. The first-order valence-corrected chi connectivity index (χ1v) is 7.40. The molecule has 1 aromatic rings. The molecule has 6 heteroatoms. The van der Waals surface area contributed by atoms with Gasteiger partial charge in [0.25, 0.3) is 5.91 Å². The van der Waals surface area contributed by atoms with Crippen molar-refractivity contribution in [3.05, 3.63) is 17.0 Å². The molecule has 1 aliphatic heterocycles. The summed E-state index contributed by atoms with van der Waals surface area (Å²) in [6.07, 6.45) is 6.70. The number of aromatic amines is 1. The number of amides is 2. The summed E-state index contributed by atoms with van der Waals surface area (Å²) in [6.45, 7) is 0.697. The molecule has 3 rings (SSSR count). The molecule has 1 atom stereocenters. The van der Waals surface area contributed by atoms with Crippen LogP contribution in [0.25, 0.3) is 0 Å². The highest BCUT2D eigenvalue weighted by Crippen LogP contribution is 2.22. The number of nitrogens with zero attached hydrogens (tertiary/aromatic N) is 1. The average molecular weight is 276 g/mol. The van der Waals surface area contributed by atoms with Gasteiger partial charge in [0.15, 0.2) is 5.69 Å². The third-order valence-corrected chi connectivity index (χ3v) is 4.11. The monoisotopic (exact) mass is 276 g/mol. The molecule has 1 fully saturated rings. The second kappa shape index (κ2) is 5.64. The van der Waals surface area contributed by atoms with E-state index in [1.807, 2.05) is 0 Å². The van der Waals surface area contributed by atoms with Crippen LogP contribution in [-0.4, -0.2) is 34.6 Å². The number of carbonyl (C=O) groups is 2. The highest BCUT2D eigenvalue weighted by molar-refractivity contribution is 5.97. The molecule has 1 aromatic heterocycles. The summed E-state index contributed by atoms with van der Waals surface area (Å²) in [4.78, 5) is 24.2. The van der Waals surface area contributed by atoms with Gasteiger partial charge in [-0.2, -0.15) is 5.10 Å². The maximum atomic E-state index is 12.3. The quantitative estimate of drug-likeness (QED) is 0.742. The molecule has 1 aliphatic carbocycles. The van der Waals surface area contributed by atoms with Crippen LogP contribution >= 0.6 is 0 Å². The lowest BCUT2D eigenvalue weighted by atomic mass is 9.95. The van der Waals surface area contributed by atoms with Gasteiger partial charge >= 0.3 is 0 Å². The predicted octanol–water partition coefficient (Wildman–Crippen LogP) is 0.687. The Bertz CT molecular complexity index is 523. The molecule has 1 unspecified atom stereocenters. The van der Waals surface area contributed by atoms with E-state index in [-0.39, 0.29) is 11.8 Å². The summed E-state index contributed by atoms with van der Waals surface area (Å²) >= 11 is 0. The van der Waals surface area contributed by atoms with Crippen LogP contribution in [0.5, 0.6) is 0 Å². The second-order valence-electron chi connectivity index (χ2n) is 5.55. The normalized spacial score (nSPS) is 22.6. The Morgan fingerprint density at radius 1 is 1.20 bits per heavy atom. The fourth-order valence-electron chi connectivity index (χ4n) is 2.97. The number of H-pyrrole nitrogens is 1. The zero-order chi connectivity index (χ0) is 13.9. The number of aromatic nitrogens is 2. The van der Waals surface area contributed by atoms with Crippen molar-refractivity contribution in [1.82, 2.24) is 20.8 Å². The number of fused-ring (bicyclic) bond motifs is 1. The minimum Gasteiger partial charge on any atom is -0.354 e. The van der Waals surface area contributed by atoms with Gasteiger partial charge in [-0.05, 0) is 44.9 Å². The first-order valence-electron chi connectivity index (χ1n) is 7.40. The van der Waals surface area contributed by atoms with Crippen molar-refractivity contribution >= 4 is 11.8 Å². The fourth-order valence-corrected chi connectivity index (χ4v) is 2.97. The molecule has 0 bridgehead atoms. The third-order valence-electron chi connectivity index (χ3n) is 4.11.